The highest BCUT2D eigenvalue weighted by atomic mass is 16.5. The lowest BCUT2D eigenvalue weighted by Gasteiger charge is -2.18. The quantitative estimate of drug-likeness (QED) is 0.379. The van der Waals surface area contributed by atoms with Crippen LogP contribution in [0, 0.1) is 0 Å². The number of nitrogens with one attached hydrogen (secondary N) is 1. The van der Waals surface area contributed by atoms with E-state index >= 15 is 0 Å². The average molecular weight is 267 g/mol. The molecule has 104 valence electrons. The zero-order valence-corrected chi connectivity index (χ0v) is 10.8. The molecule has 1 atom stereocenters. The minimum atomic E-state index is -0.738. The van der Waals surface area contributed by atoms with E-state index in [2.05, 4.69) is 0 Å². The zero-order chi connectivity index (χ0) is 14.4. The number of rotatable bonds is 6. The van der Waals surface area contributed by atoms with Gasteiger partial charge in [0.15, 0.2) is 17.6 Å². The number of carbonyl (C=O) groups excluding carboxylic acids is 2. The van der Waals surface area contributed by atoms with Crippen molar-refractivity contribution in [2.24, 2.45) is 11.6 Å². The minimum absolute atomic E-state index is 0.292. The first-order valence-corrected chi connectivity index (χ1v) is 5.68. The maximum Gasteiger partial charge on any atom is 0.274 e. The molecule has 1 unspecified atom stereocenters. The molecule has 0 aromatic heterocycles. The first kappa shape index (κ1) is 14.8. The number of carbonyl (C=O) groups is 2. The van der Waals surface area contributed by atoms with Crippen LogP contribution < -0.4 is 26.5 Å². The number of hydrogen-bond donors (Lipinski definition) is 3. The van der Waals surface area contributed by atoms with Crippen molar-refractivity contribution < 1.29 is 19.1 Å². The Morgan fingerprint density at radius 2 is 2.05 bits per heavy atom. The van der Waals surface area contributed by atoms with Crippen molar-refractivity contribution in [2.75, 3.05) is 7.11 Å². The van der Waals surface area contributed by atoms with Crippen LogP contribution in [0.25, 0.3) is 0 Å². The maximum atomic E-state index is 11.4. The van der Waals surface area contributed by atoms with E-state index in [1.165, 1.54) is 25.3 Å². The van der Waals surface area contributed by atoms with Crippen LogP contribution in [0.4, 0.5) is 0 Å². The number of amides is 2. The van der Waals surface area contributed by atoms with Gasteiger partial charge in [0.05, 0.1) is 7.11 Å². The predicted octanol–water partition coefficient (Wildman–Crippen LogP) is -0.0586. The molecule has 19 heavy (non-hydrogen) atoms. The third-order valence-corrected chi connectivity index (χ3v) is 2.52. The number of nitrogens with two attached hydrogens (primary N) is 2. The second-order valence-corrected chi connectivity index (χ2v) is 3.75. The molecule has 7 heteroatoms. The van der Waals surface area contributed by atoms with Crippen molar-refractivity contribution in [1.82, 2.24) is 5.43 Å². The lowest BCUT2D eigenvalue weighted by atomic mass is 10.2. The molecule has 0 fully saturated rings. The fourth-order valence-corrected chi connectivity index (χ4v) is 1.49. The summed E-state index contributed by atoms with van der Waals surface area (Å²) in [7, 11) is 1.43. The number of benzene rings is 1. The van der Waals surface area contributed by atoms with E-state index in [0.29, 0.717) is 23.5 Å². The molecule has 0 saturated heterocycles. The normalized spacial score (nSPS) is 11.5. The molecule has 2 amide bonds. The fourth-order valence-electron chi connectivity index (χ4n) is 1.49. The van der Waals surface area contributed by atoms with Crippen molar-refractivity contribution in [3.8, 4) is 11.5 Å². The summed E-state index contributed by atoms with van der Waals surface area (Å²) >= 11 is 0. The van der Waals surface area contributed by atoms with Gasteiger partial charge in [-0.15, -0.1) is 0 Å². The van der Waals surface area contributed by atoms with Crippen LogP contribution in [0.1, 0.15) is 23.7 Å². The Labute approximate surface area is 110 Å². The van der Waals surface area contributed by atoms with Crippen molar-refractivity contribution in [1.29, 1.82) is 0 Å². The van der Waals surface area contributed by atoms with Gasteiger partial charge in [-0.1, -0.05) is 6.92 Å². The van der Waals surface area contributed by atoms with Crippen LogP contribution in [0.15, 0.2) is 18.2 Å². The second-order valence-electron chi connectivity index (χ2n) is 3.75. The average Bonchev–Trinajstić information content (AvgIpc) is 2.43. The molecule has 0 heterocycles. The molecule has 1 aromatic carbocycles. The van der Waals surface area contributed by atoms with E-state index in [1.807, 2.05) is 5.43 Å². The second kappa shape index (κ2) is 6.60. The van der Waals surface area contributed by atoms with Crippen LogP contribution in [0.3, 0.4) is 0 Å². The van der Waals surface area contributed by atoms with Gasteiger partial charge in [0, 0.05) is 5.56 Å². The van der Waals surface area contributed by atoms with Gasteiger partial charge in [0.1, 0.15) is 0 Å². The van der Waals surface area contributed by atoms with Crippen molar-refractivity contribution in [2.45, 2.75) is 19.4 Å². The molecule has 0 bridgehead atoms. The summed E-state index contributed by atoms with van der Waals surface area (Å²) in [6.45, 7) is 1.78. The molecular formula is C12H17N3O4. The molecule has 0 saturated carbocycles. The Balaban J connectivity index is 3.00. The third kappa shape index (κ3) is 3.59. The van der Waals surface area contributed by atoms with Gasteiger partial charge in [-0.25, -0.2) is 5.84 Å². The Morgan fingerprint density at radius 1 is 1.37 bits per heavy atom. The summed E-state index contributed by atoms with van der Waals surface area (Å²) in [5.74, 6) is 4.71. The van der Waals surface area contributed by atoms with E-state index in [4.69, 9.17) is 21.1 Å². The first-order chi connectivity index (χ1) is 9.03. The fraction of sp³-hybridized carbons (Fsp3) is 0.333. The van der Waals surface area contributed by atoms with E-state index < -0.39 is 17.9 Å². The van der Waals surface area contributed by atoms with Crippen molar-refractivity contribution in [3.05, 3.63) is 23.8 Å². The number of hydrazine groups is 1. The summed E-state index contributed by atoms with van der Waals surface area (Å²) in [6.07, 6.45) is -0.303. The molecule has 5 N–H and O–H groups in total. The highest BCUT2D eigenvalue weighted by Gasteiger charge is 2.19. The van der Waals surface area contributed by atoms with Gasteiger partial charge in [-0.3, -0.25) is 15.0 Å². The highest BCUT2D eigenvalue weighted by molar-refractivity contribution is 5.93. The van der Waals surface area contributed by atoms with E-state index in [-0.39, 0.29) is 0 Å². The van der Waals surface area contributed by atoms with Crippen LogP contribution >= 0.6 is 0 Å². The largest absolute Gasteiger partial charge is 0.493 e. The molecular weight excluding hydrogens is 250 g/mol. The topological polar surface area (TPSA) is 117 Å². The molecule has 0 aliphatic rings. The maximum absolute atomic E-state index is 11.4. The summed E-state index contributed by atoms with van der Waals surface area (Å²) in [4.78, 5) is 22.5. The van der Waals surface area contributed by atoms with Gasteiger partial charge >= 0.3 is 0 Å². The van der Waals surface area contributed by atoms with Crippen LogP contribution in [0.2, 0.25) is 0 Å². The first-order valence-electron chi connectivity index (χ1n) is 5.68. The van der Waals surface area contributed by atoms with Gasteiger partial charge in [0.2, 0.25) is 5.91 Å². The van der Waals surface area contributed by atoms with Crippen LogP contribution in [-0.2, 0) is 4.79 Å². The number of methoxy groups -OCH3 is 1. The lowest BCUT2D eigenvalue weighted by molar-refractivity contribution is -0.128. The molecule has 7 nitrogen and oxygen atoms in total. The van der Waals surface area contributed by atoms with E-state index in [9.17, 15) is 9.59 Å². The Morgan fingerprint density at radius 3 is 2.53 bits per heavy atom. The number of hydrogen-bond acceptors (Lipinski definition) is 5. The highest BCUT2D eigenvalue weighted by Crippen LogP contribution is 2.29. The summed E-state index contributed by atoms with van der Waals surface area (Å²) in [5.41, 5.74) is 7.49. The van der Waals surface area contributed by atoms with Gasteiger partial charge in [-0.2, -0.15) is 0 Å². The minimum Gasteiger partial charge on any atom is -0.493 e. The zero-order valence-electron chi connectivity index (χ0n) is 10.8. The van der Waals surface area contributed by atoms with E-state index in [1.54, 1.807) is 6.92 Å². The summed E-state index contributed by atoms with van der Waals surface area (Å²) in [5, 5.41) is 0. The third-order valence-electron chi connectivity index (χ3n) is 2.52. The predicted molar refractivity (Wildman–Crippen MR) is 68.5 cm³/mol. The SMILES string of the molecule is CCC(Oc1ccc(C(N)=O)cc1OC)C(=O)NN. The van der Waals surface area contributed by atoms with Crippen molar-refractivity contribution >= 4 is 11.8 Å². The molecule has 0 spiro atoms. The standard InChI is InChI=1S/C12H17N3O4/c1-3-8(12(17)15-14)19-9-5-4-7(11(13)16)6-10(9)18-2/h4-6,8H,3,14H2,1-2H3,(H2,13,16)(H,15,17). The van der Waals surface area contributed by atoms with Crippen molar-refractivity contribution in [3.63, 3.8) is 0 Å². The Hall–Kier alpha value is -2.28. The lowest BCUT2D eigenvalue weighted by Crippen LogP contribution is -2.41. The van der Waals surface area contributed by atoms with Gasteiger partial charge in [0.25, 0.3) is 5.91 Å². The van der Waals surface area contributed by atoms with E-state index in [0.717, 1.165) is 0 Å². The molecule has 0 radical (unpaired) electrons. The summed E-state index contributed by atoms with van der Waals surface area (Å²) in [6, 6.07) is 4.46. The summed E-state index contributed by atoms with van der Waals surface area (Å²) < 4.78 is 10.6. The Kier molecular flexibility index (Phi) is 5.13. The molecule has 0 aliphatic heterocycles. The Bertz CT molecular complexity index is 476. The monoisotopic (exact) mass is 267 g/mol. The number of primary amides is 1. The van der Waals surface area contributed by atoms with Gasteiger partial charge < -0.3 is 15.2 Å². The van der Waals surface area contributed by atoms with Crippen LogP contribution in [0.5, 0.6) is 11.5 Å². The van der Waals surface area contributed by atoms with Crippen LogP contribution in [-0.4, -0.2) is 25.0 Å². The number of ether oxygens (including phenoxy) is 2. The smallest absolute Gasteiger partial charge is 0.274 e. The molecule has 1 rings (SSSR count). The molecule has 0 aliphatic carbocycles. The van der Waals surface area contributed by atoms with Gasteiger partial charge in [-0.05, 0) is 24.6 Å². The molecule has 1 aromatic rings.